The number of carbonyl (C=O) groups is 1. The summed E-state index contributed by atoms with van der Waals surface area (Å²) in [6, 6.07) is 21.5. The van der Waals surface area contributed by atoms with E-state index in [2.05, 4.69) is 26.8 Å². The SMILES string of the molecule is Cc1nnc(N/N=C(/C(=O)[C@@H](C#N)c2ccccc2)[C@@H](C#N)c2ccccc2)n1N. The summed E-state index contributed by atoms with van der Waals surface area (Å²) in [7, 11) is 0. The average molecular weight is 398 g/mol. The number of nitrogen functional groups attached to an aromatic ring is 1. The van der Waals surface area contributed by atoms with Crippen molar-refractivity contribution in [1.82, 2.24) is 14.9 Å². The molecule has 3 N–H and O–H groups in total. The molecule has 0 spiro atoms. The van der Waals surface area contributed by atoms with Gasteiger partial charge in [0.05, 0.1) is 12.1 Å². The average Bonchev–Trinajstić information content (AvgIpc) is 3.10. The lowest BCUT2D eigenvalue weighted by Crippen LogP contribution is -2.28. The van der Waals surface area contributed by atoms with Gasteiger partial charge in [0.1, 0.15) is 17.5 Å². The molecule has 1 heterocycles. The fraction of sp³-hybridized carbons (Fsp3) is 0.143. The lowest BCUT2D eigenvalue weighted by molar-refractivity contribution is -0.113. The fourth-order valence-corrected chi connectivity index (χ4v) is 2.83. The van der Waals surface area contributed by atoms with Gasteiger partial charge in [0.2, 0.25) is 5.78 Å². The number of aryl methyl sites for hydroxylation is 1. The van der Waals surface area contributed by atoms with Crippen molar-refractivity contribution < 1.29 is 4.79 Å². The van der Waals surface area contributed by atoms with Crippen LogP contribution in [-0.4, -0.2) is 26.4 Å². The minimum absolute atomic E-state index is 0.0933. The predicted octanol–water partition coefficient (Wildman–Crippen LogP) is 2.25. The number of hydrogen-bond donors (Lipinski definition) is 2. The number of nitrogens with zero attached hydrogens (tertiary/aromatic N) is 6. The van der Waals surface area contributed by atoms with Crippen molar-refractivity contribution in [1.29, 1.82) is 10.5 Å². The van der Waals surface area contributed by atoms with Crippen LogP contribution in [0.5, 0.6) is 0 Å². The highest BCUT2D eigenvalue weighted by Gasteiger charge is 2.32. The Hall–Kier alpha value is -4.50. The molecule has 0 bridgehead atoms. The summed E-state index contributed by atoms with van der Waals surface area (Å²) in [6.07, 6.45) is 0. The molecule has 148 valence electrons. The minimum Gasteiger partial charge on any atom is -0.335 e. The highest BCUT2D eigenvalue weighted by molar-refractivity contribution is 6.45. The van der Waals surface area contributed by atoms with Gasteiger partial charge in [0.15, 0.2) is 5.82 Å². The summed E-state index contributed by atoms with van der Waals surface area (Å²) < 4.78 is 1.16. The zero-order valence-corrected chi connectivity index (χ0v) is 16.1. The number of benzene rings is 2. The zero-order valence-electron chi connectivity index (χ0n) is 16.1. The molecule has 0 radical (unpaired) electrons. The van der Waals surface area contributed by atoms with Crippen LogP contribution in [0.15, 0.2) is 65.8 Å². The Morgan fingerprint density at radius 3 is 2.00 bits per heavy atom. The Morgan fingerprint density at radius 2 is 1.53 bits per heavy atom. The molecule has 9 heteroatoms. The second-order valence-corrected chi connectivity index (χ2v) is 6.36. The molecular weight excluding hydrogens is 380 g/mol. The second-order valence-electron chi connectivity index (χ2n) is 6.36. The van der Waals surface area contributed by atoms with E-state index in [4.69, 9.17) is 5.84 Å². The highest BCUT2D eigenvalue weighted by Crippen LogP contribution is 2.24. The third-order valence-electron chi connectivity index (χ3n) is 4.45. The van der Waals surface area contributed by atoms with E-state index in [1.807, 2.05) is 6.07 Å². The van der Waals surface area contributed by atoms with Crippen LogP contribution in [0.4, 0.5) is 5.95 Å². The van der Waals surface area contributed by atoms with Gasteiger partial charge in [-0.05, 0) is 18.1 Å². The monoisotopic (exact) mass is 398 g/mol. The molecule has 0 unspecified atom stereocenters. The van der Waals surface area contributed by atoms with Crippen molar-refractivity contribution in [3.63, 3.8) is 0 Å². The normalized spacial score (nSPS) is 13.0. The Balaban J connectivity index is 2.05. The van der Waals surface area contributed by atoms with E-state index < -0.39 is 17.6 Å². The molecule has 0 amide bonds. The van der Waals surface area contributed by atoms with Gasteiger partial charge in [-0.25, -0.2) is 10.1 Å². The van der Waals surface area contributed by atoms with Crippen LogP contribution >= 0.6 is 0 Å². The third-order valence-corrected chi connectivity index (χ3v) is 4.45. The van der Waals surface area contributed by atoms with Crippen LogP contribution < -0.4 is 11.3 Å². The topological polar surface area (TPSA) is 146 Å². The first kappa shape index (κ1) is 20.2. The number of carbonyl (C=O) groups excluding carboxylic acids is 1. The largest absolute Gasteiger partial charge is 0.335 e. The Bertz CT molecular complexity index is 1140. The minimum atomic E-state index is -1.12. The second kappa shape index (κ2) is 9.13. The molecule has 0 saturated carbocycles. The molecule has 9 nitrogen and oxygen atoms in total. The van der Waals surface area contributed by atoms with Gasteiger partial charge in [-0.3, -0.25) is 4.79 Å². The van der Waals surface area contributed by atoms with E-state index in [0.717, 1.165) is 4.68 Å². The maximum atomic E-state index is 13.3. The number of nitrogens with two attached hydrogens (primary N) is 1. The fourth-order valence-electron chi connectivity index (χ4n) is 2.83. The Morgan fingerprint density at radius 1 is 1.00 bits per heavy atom. The summed E-state index contributed by atoms with van der Waals surface area (Å²) in [5, 5.41) is 31.3. The van der Waals surface area contributed by atoms with Crippen molar-refractivity contribution >= 4 is 17.4 Å². The maximum absolute atomic E-state index is 13.3. The van der Waals surface area contributed by atoms with Crippen LogP contribution in [0.2, 0.25) is 0 Å². The van der Waals surface area contributed by atoms with Gasteiger partial charge in [-0.2, -0.15) is 15.6 Å². The molecule has 2 aromatic carbocycles. The standard InChI is InChI=1S/C21H18N8O/c1-14-25-27-21(29(14)24)28-26-19(17(12-22)15-8-4-2-5-9-15)20(30)18(13-23)16-10-6-3-7-11-16/h2-11,17-18H,24H2,1H3,(H,27,28)/b26-19+/t17-,18-/m0/s1. The van der Waals surface area contributed by atoms with Crippen LogP contribution in [0.1, 0.15) is 28.8 Å². The Kier molecular flexibility index (Phi) is 6.16. The highest BCUT2D eigenvalue weighted by atomic mass is 16.1. The number of anilines is 1. The van der Waals surface area contributed by atoms with Gasteiger partial charge < -0.3 is 5.84 Å². The molecule has 0 aliphatic heterocycles. The lowest BCUT2D eigenvalue weighted by Gasteiger charge is -2.15. The van der Waals surface area contributed by atoms with E-state index in [-0.39, 0.29) is 11.7 Å². The first-order valence-electron chi connectivity index (χ1n) is 9.00. The van der Waals surface area contributed by atoms with Gasteiger partial charge in [-0.15, -0.1) is 10.2 Å². The van der Waals surface area contributed by atoms with Crippen LogP contribution in [0.25, 0.3) is 0 Å². The van der Waals surface area contributed by atoms with Crippen LogP contribution in [0.3, 0.4) is 0 Å². The molecular formula is C21H18N8O. The van der Waals surface area contributed by atoms with E-state index in [0.29, 0.717) is 17.0 Å². The van der Waals surface area contributed by atoms with Gasteiger partial charge in [-0.1, -0.05) is 60.7 Å². The molecule has 3 rings (SSSR count). The summed E-state index contributed by atoms with van der Waals surface area (Å²) in [5.74, 6) is 3.63. The van der Waals surface area contributed by atoms with Crippen molar-refractivity contribution in [3.05, 3.63) is 77.6 Å². The third kappa shape index (κ3) is 4.16. The van der Waals surface area contributed by atoms with Crippen LogP contribution in [0, 0.1) is 29.6 Å². The lowest BCUT2D eigenvalue weighted by atomic mass is 9.86. The molecule has 1 aromatic heterocycles. The zero-order chi connectivity index (χ0) is 21.5. The van der Waals surface area contributed by atoms with E-state index >= 15 is 0 Å². The molecule has 30 heavy (non-hydrogen) atoms. The first-order valence-corrected chi connectivity index (χ1v) is 9.00. The smallest absolute Gasteiger partial charge is 0.263 e. The molecule has 0 fully saturated rings. The molecule has 3 aromatic rings. The summed E-state index contributed by atoms with van der Waals surface area (Å²) >= 11 is 0. The van der Waals surface area contributed by atoms with Gasteiger partial charge >= 0.3 is 0 Å². The number of rotatable bonds is 7. The van der Waals surface area contributed by atoms with Crippen molar-refractivity contribution in [2.75, 3.05) is 11.3 Å². The van der Waals surface area contributed by atoms with E-state index in [1.165, 1.54) is 0 Å². The van der Waals surface area contributed by atoms with Crippen LogP contribution in [-0.2, 0) is 4.79 Å². The van der Waals surface area contributed by atoms with Crippen molar-refractivity contribution in [3.8, 4) is 12.1 Å². The molecule has 2 atom stereocenters. The van der Waals surface area contributed by atoms with E-state index in [9.17, 15) is 15.3 Å². The summed E-state index contributed by atoms with van der Waals surface area (Å²) in [6.45, 7) is 1.65. The molecule has 0 aliphatic rings. The molecule has 0 aliphatic carbocycles. The van der Waals surface area contributed by atoms with E-state index in [1.54, 1.807) is 67.6 Å². The number of hydrazone groups is 1. The van der Waals surface area contributed by atoms with Gasteiger partial charge in [0, 0.05) is 0 Å². The van der Waals surface area contributed by atoms with Gasteiger partial charge in [0.25, 0.3) is 5.95 Å². The maximum Gasteiger partial charge on any atom is 0.263 e. The number of ketones is 1. The number of Topliss-reactive ketones (excluding diaryl/α,β-unsaturated/α-hetero) is 1. The first-order chi connectivity index (χ1) is 14.6. The molecule has 0 saturated heterocycles. The quantitative estimate of drug-likeness (QED) is 0.352. The van der Waals surface area contributed by atoms with Crippen molar-refractivity contribution in [2.45, 2.75) is 18.8 Å². The number of nitrogens with one attached hydrogen (secondary N) is 1. The number of nitriles is 2. The Labute approximate surface area is 173 Å². The summed E-state index contributed by atoms with van der Waals surface area (Å²) in [5.41, 5.74) is 3.56. The number of hydrogen-bond acceptors (Lipinski definition) is 8. The van der Waals surface area contributed by atoms with Crippen molar-refractivity contribution in [2.24, 2.45) is 5.10 Å². The summed E-state index contributed by atoms with van der Waals surface area (Å²) in [4.78, 5) is 13.3. The predicted molar refractivity (Wildman–Crippen MR) is 111 cm³/mol. The number of aromatic nitrogens is 3.